The summed E-state index contributed by atoms with van der Waals surface area (Å²) in [5.74, 6) is -0.459. The average molecular weight is 378 g/mol. The van der Waals surface area contributed by atoms with E-state index in [4.69, 9.17) is 20.6 Å². The number of hydrogen-bond donors (Lipinski definition) is 2. The largest absolute Gasteiger partial charge is 0.452 e. The molecular weight excluding hydrogens is 366 g/mol. The normalized spacial score (nSPS) is 10.9. The van der Waals surface area contributed by atoms with Gasteiger partial charge < -0.3 is 20.6 Å². The van der Waals surface area contributed by atoms with Gasteiger partial charge >= 0.3 is 5.97 Å². The number of aromatic nitrogens is 3. The molecule has 0 radical (unpaired) electrons. The van der Waals surface area contributed by atoms with Gasteiger partial charge in [0.2, 0.25) is 17.7 Å². The van der Waals surface area contributed by atoms with E-state index in [-0.39, 0.29) is 30.1 Å². The number of fused-ring (bicyclic) bond motifs is 1. The molecule has 23 heavy (non-hydrogen) atoms. The molecule has 3 rings (SSSR count). The van der Waals surface area contributed by atoms with Gasteiger partial charge in [-0.15, -0.1) is 0 Å². The van der Waals surface area contributed by atoms with Crippen molar-refractivity contribution in [3.05, 3.63) is 39.8 Å². The van der Waals surface area contributed by atoms with Crippen LogP contribution in [0, 0.1) is 6.92 Å². The molecule has 2 aromatic heterocycles. The molecule has 0 amide bonds. The fourth-order valence-electron chi connectivity index (χ4n) is 2.07. The van der Waals surface area contributed by atoms with Crippen molar-refractivity contribution in [3.63, 3.8) is 0 Å². The van der Waals surface area contributed by atoms with Crippen molar-refractivity contribution in [2.24, 2.45) is 0 Å². The van der Waals surface area contributed by atoms with Crippen LogP contribution in [0.25, 0.3) is 11.0 Å². The standard InChI is InChI=1S/C14H12BrN5O3/c1-6-2-7-4-9(23-11(7)8(15)3-6)12(21)22-5-10-18-13(16)20-14(17)19-10/h2-4H,5H2,1H3,(H4,16,17,18,19,20). The lowest BCUT2D eigenvalue weighted by Crippen LogP contribution is -2.10. The first-order valence-corrected chi connectivity index (χ1v) is 7.34. The highest BCUT2D eigenvalue weighted by Gasteiger charge is 2.16. The highest BCUT2D eigenvalue weighted by Crippen LogP contribution is 2.29. The Kier molecular flexibility index (Phi) is 3.87. The molecule has 0 spiro atoms. The lowest BCUT2D eigenvalue weighted by Gasteiger charge is -2.03. The monoisotopic (exact) mass is 377 g/mol. The molecule has 0 aliphatic rings. The van der Waals surface area contributed by atoms with Gasteiger partial charge in [0.1, 0.15) is 5.58 Å². The smallest absolute Gasteiger partial charge is 0.374 e. The zero-order valence-corrected chi connectivity index (χ0v) is 13.6. The highest BCUT2D eigenvalue weighted by atomic mass is 79.9. The number of esters is 1. The summed E-state index contributed by atoms with van der Waals surface area (Å²) >= 11 is 3.40. The Morgan fingerprint density at radius 1 is 1.22 bits per heavy atom. The van der Waals surface area contributed by atoms with Gasteiger partial charge in [0.25, 0.3) is 0 Å². The summed E-state index contributed by atoms with van der Waals surface area (Å²) in [5, 5.41) is 0.803. The SMILES string of the molecule is Cc1cc(Br)c2oc(C(=O)OCc3nc(N)nc(N)n3)cc2c1. The topological polar surface area (TPSA) is 130 Å². The quantitative estimate of drug-likeness (QED) is 0.664. The van der Waals surface area contributed by atoms with Crippen LogP contribution in [0.2, 0.25) is 0 Å². The number of carbonyl (C=O) groups is 1. The fourth-order valence-corrected chi connectivity index (χ4v) is 2.75. The van der Waals surface area contributed by atoms with E-state index in [9.17, 15) is 4.79 Å². The molecule has 4 N–H and O–H groups in total. The third-order valence-corrected chi connectivity index (χ3v) is 3.55. The van der Waals surface area contributed by atoms with Crippen LogP contribution in [0.4, 0.5) is 11.9 Å². The third-order valence-electron chi connectivity index (χ3n) is 2.97. The van der Waals surface area contributed by atoms with Crippen LogP contribution in [0.5, 0.6) is 0 Å². The number of benzene rings is 1. The van der Waals surface area contributed by atoms with Gasteiger partial charge in [0.05, 0.1) is 4.47 Å². The number of nitrogens with two attached hydrogens (primary N) is 2. The lowest BCUT2D eigenvalue weighted by molar-refractivity contribution is 0.0428. The first-order valence-electron chi connectivity index (χ1n) is 6.55. The summed E-state index contributed by atoms with van der Waals surface area (Å²) in [7, 11) is 0. The first kappa shape index (κ1) is 15.2. The summed E-state index contributed by atoms with van der Waals surface area (Å²) < 4.78 is 11.4. The van der Waals surface area contributed by atoms with Crippen molar-refractivity contribution in [1.29, 1.82) is 0 Å². The first-order chi connectivity index (χ1) is 10.9. The minimum atomic E-state index is -0.636. The summed E-state index contributed by atoms with van der Waals surface area (Å²) in [4.78, 5) is 23.4. The number of nitrogen functional groups attached to an aromatic ring is 2. The number of ether oxygens (including phenoxy) is 1. The van der Waals surface area contributed by atoms with Gasteiger partial charge in [0, 0.05) is 5.39 Å². The van der Waals surface area contributed by atoms with E-state index in [1.165, 1.54) is 0 Å². The molecule has 2 heterocycles. The zero-order chi connectivity index (χ0) is 16.6. The van der Waals surface area contributed by atoms with Gasteiger partial charge in [-0.05, 0) is 46.6 Å². The summed E-state index contributed by atoms with van der Waals surface area (Å²) in [6, 6.07) is 5.43. The molecule has 0 unspecified atom stereocenters. The summed E-state index contributed by atoms with van der Waals surface area (Å²) in [6.07, 6.45) is 0. The van der Waals surface area contributed by atoms with Crippen molar-refractivity contribution in [2.75, 3.05) is 11.5 Å². The molecular formula is C14H12BrN5O3. The number of carbonyl (C=O) groups excluding carboxylic acids is 1. The van der Waals surface area contributed by atoms with E-state index in [0.29, 0.717) is 5.58 Å². The zero-order valence-electron chi connectivity index (χ0n) is 12.0. The van der Waals surface area contributed by atoms with Crippen LogP contribution in [0.1, 0.15) is 21.9 Å². The van der Waals surface area contributed by atoms with Gasteiger partial charge in [-0.25, -0.2) is 4.79 Å². The van der Waals surface area contributed by atoms with E-state index in [1.807, 2.05) is 19.1 Å². The number of furan rings is 1. The molecule has 118 valence electrons. The van der Waals surface area contributed by atoms with Crippen molar-refractivity contribution in [2.45, 2.75) is 13.5 Å². The molecule has 3 aromatic rings. The number of aryl methyl sites for hydroxylation is 1. The van der Waals surface area contributed by atoms with E-state index in [2.05, 4.69) is 30.9 Å². The van der Waals surface area contributed by atoms with Crippen LogP contribution >= 0.6 is 15.9 Å². The second kappa shape index (κ2) is 5.84. The summed E-state index contributed by atoms with van der Waals surface area (Å²) in [6.45, 7) is 1.76. The fraction of sp³-hybridized carbons (Fsp3) is 0.143. The van der Waals surface area contributed by atoms with Gasteiger partial charge in [-0.1, -0.05) is 0 Å². The van der Waals surface area contributed by atoms with Crippen LogP contribution in [-0.2, 0) is 11.3 Å². The predicted octanol–water partition coefficient (Wildman–Crippen LogP) is 2.21. The number of nitrogens with zero attached hydrogens (tertiary/aromatic N) is 3. The van der Waals surface area contributed by atoms with Crippen LogP contribution in [-0.4, -0.2) is 20.9 Å². The minimum Gasteiger partial charge on any atom is -0.452 e. The Morgan fingerprint density at radius 2 is 1.91 bits per heavy atom. The predicted molar refractivity (Wildman–Crippen MR) is 86.4 cm³/mol. The molecule has 0 atom stereocenters. The Morgan fingerprint density at radius 3 is 2.61 bits per heavy atom. The Labute approximate surface area is 139 Å². The number of rotatable bonds is 3. The summed E-state index contributed by atoms with van der Waals surface area (Å²) in [5.41, 5.74) is 12.5. The Balaban J connectivity index is 1.79. The maximum atomic E-state index is 12.1. The molecule has 0 aliphatic carbocycles. The van der Waals surface area contributed by atoms with Crippen molar-refractivity contribution >= 4 is 44.8 Å². The van der Waals surface area contributed by atoms with E-state index >= 15 is 0 Å². The average Bonchev–Trinajstić information content (AvgIpc) is 2.88. The molecule has 1 aromatic carbocycles. The molecule has 9 heteroatoms. The number of anilines is 2. The third kappa shape index (κ3) is 3.24. The van der Waals surface area contributed by atoms with Crippen LogP contribution in [0.3, 0.4) is 0 Å². The molecule has 0 bridgehead atoms. The van der Waals surface area contributed by atoms with Crippen LogP contribution in [0.15, 0.2) is 27.1 Å². The van der Waals surface area contributed by atoms with Crippen molar-refractivity contribution < 1.29 is 13.9 Å². The van der Waals surface area contributed by atoms with Gasteiger partial charge in [0.15, 0.2) is 12.4 Å². The van der Waals surface area contributed by atoms with Crippen molar-refractivity contribution in [1.82, 2.24) is 15.0 Å². The van der Waals surface area contributed by atoms with E-state index < -0.39 is 5.97 Å². The van der Waals surface area contributed by atoms with Crippen molar-refractivity contribution in [3.8, 4) is 0 Å². The number of hydrogen-bond acceptors (Lipinski definition) is 8. The maximum absolute atomic E-state index is 12.1. The van der Waals surface area contributed by atoms with E-state index in [0.717, 1.165) is 15.4 Å². The minimum absolute atomic E-state index is 0.0355. The Bertz CT molecular complexity index is 889. The molecule has 0 aliphatic heterocycles. The Hall–Kier alpha value is -2.68. The molecule has 0 saturated heterocycles. The second-order valence-electron chi connectivity index (χ2n) is 4.82. The molecule has 0 saturated carbocycles. The molecule has 8 nitrogen and oxygen atoms in total. The van der Waals surface area contributed by atoms with Gasteiger partial charge in [-0.3, -0.25) is 0 Å². The molecule has 0 fully saturated rings. The second-order valence-corrected chi connectivity index (χ2v) is 5.67. The highest BCUT2D eigenvalue weighted by molar-refractivity contribution is 9.10. The lowest BCUT2D eigenvalue weighted by atomic mass is 10.2. The van der Waals surface area contributed by atoms with Crippen LogP contribution < -0.4 is 11.5 Å². The van der Waals surface area contributed by atoms with Gasteiger partial charge in [-0.2, -0.15) is 15.0 Å². The van der Waals surface area contributed by atoms with E-state index in [1.54, 1.807) is 6.07 Å². The maximum Gasteiger partial charge on any atom is 0.374 e. The number of halogens is 1.